The zero-order valence-corrected chi connectivity index (χ0v) is 13.7. The van der Waals surface area contributed by atoms with Crippen molar-refractivity contribution >= 4 is 21.4 Å². The van der Waals surface area contributed by atoms with Gasteiger partial charge in [0.05, 0.1) is 22.8 Å². The number of sulfone groups is 1. The van der Waals surface area contributed by atoms with E-state index in [4.69, 9.17) is 0 Å². The van der Waals surface area contributed by atoms with E-state index >= 15 is 0 Å². The predicted octanol–water partition coefficient (Wildman–Crippen LogP) is 1.69. The van der Waals surface area contributed by atoms with Crippen molar-refractivity contribution in [3.8, 4) is 0 Å². The number of nitrogens with zero attached hydrogens (tertiary/aromatic N) is 1. The molecule has 0 bridgehead atoms. The summed E-state index contributed by atoms with van der Waals surface area (Å²) in [6, 6.07) is 5.86. The molecule has 1 aromatic rings. The molecule has 1 fully saturated rings. The Kier molecular flexibility index (Phi) is 4.12. The third kappa shape index (κ3) is 2.97. The number of fused-ring (bicyclic) bond motifs is 1. The van der Waals surface area contributed by atoms with Crippen molar-refractivity contribution in [1.82, 2.24) is 4.90 Å². The number of para-hydroxylation sites is 1. The Morgan fingerprint density at radius 3 is 2.73 bits per heavy atom. The van der Waals surface area contributed by atoms with Gasteiger partial charge in [-0.25, -0.2) is 8.42 Å². The zero-order chi connectivity index (χ0) is 15.7. The SMILES string of the molecule is CN(C(=O)c1cccc2c1NCCC2)C1CCS(=O)(=O)CC1. The summed E-state index contributed by atoms with van der Waals surface area (Å²) in [6.07, 6.45) is 3.15. The lowest BCUT2D eigenvalue weighted by molar-refractivity contribution is 0.0722. The first kappa shape index (κ1) is 15.3. The maximum Gasteiger partial charge on any atom is 0.255 e. The molecule has 120 valence electrons. The monoisotopic (exact) mass is 322 g/mol. The minimum absolute atomic E-state index is 0.00970. The highest BCUT2D eigenvalue weighted by Gasteiger charge is 2.30. The molecule has 2 heterocycles. The van der Waals surface area contributed by atoms with Crippen LogP contribution in [0.25, 0.3) is 0 Å². The van der Waals surface area contributed by atoms with Crippen LogP contribution in [0.1, 0.15) is 35.2 Å². The van der Waals surface area contributed by atoms with E-state index in [1.165, 1.54) is 5.56 Å². The van der Waals surface area contributed by atoms with Gasteiger partial charge in [-0.15, -0.1) is 0 Å². The fraction of sp³-hybridized carbons (Fsp3) is 0.562. The van der Waals surface area contributed by atoms with Gasteiger partial charge in [0, 0.05) is 19.6 Å². The molecule has 1 aromatic carbocycles. The molecule has 22 heavy (non-hydrogen) atoms. The Labute approximate surface area is 131 Å². The Morgan fingerprint density at radius 1 is 1.27 bits per heavy atom. The summed E-state index contributed by atoms with van der Waals surface area (Å²) in [5, 5.41) is 3.34. The molecule has 0 aliphatic carbocycles. The number of nitrogens with one attached hydrogen (secondary N) is 1. The van der Waals surface area contributed by atoms with E-state index in [9.17, 15) is 13.2 Å². The fourth-order valence-corrected chi connectivity index (χ4v) is 4.77. The standard InChI is InChI=1S/C16H22N2O3S/c1-18(13-7-10-22(20,21)11-8-13)16(19)14-6-2-4-12-5-3-9-17-15(12)14/h2,4,6,13,17H,3,5,7-11H2,1H3. The van der Waals surface area contributed by atoms with E-state index in [0.717, 1.165) is 25.1 Å². The highest BCUT2D eigenvalue weighted by molar-refractivity contribution is 7.91. The van der Waals surface area contributed by atoms with Crippen LogP contribution in [-0.4, -0.2) is 50.4 Å². The number of carbonyl (C=O) groups is 1. The van der Waals surface area contributed by atoms with Crippen LogP contribution in [0.15, 0.2) is 18.2 Å². The molecule has 0 unspecified atom stereocenters. The smallest absolute Gasteiger partial charge is 0.255 e. The summed E-state index contributed by atoms with van der Waals surface area (Å²) in [5.41, 5.74) is 2.85. The van der Waals surface area contributed by atoms with Crippen LogP contribution in [-0.2, 0) is 16.3 Å². The third-order valence-electron chi connectivity index (χ3n) is 4.70. The minimum Gasteiger partial charge on any atom is -0.384 e. The van der Waals surface area contributed by atoms with Gasteiger partial charge in [-0.05, 0) is 37.3 Å². The maximum absolute atomic E-state index is 12.8. The molecular weight excluding hydrogens is 300 g/mol. The van der Waals surface area contributed by atoms with Crippen LogP contribution < -0.4 is 5.32 Å². The largest absolute Gasteiger partial charge is 0.384 e. The van der Waals surface area contributed by atoms with E-state index < -0.39 is 9.84 Å². The highest BCUT2D eigenvalue weighted by atomic mass is 32.2. The van der Waals surface area contributed by atoms with Crippen LogP contribution in [0.3, 0.4) is 0 Å². The lowest BCUT2D eigenvalue weighted by atomic mass is 9.98. The van der Waals surface area contributed by atoms with E-state index in [0.29, 0.717) is 18.4 Å². The molecule has 0 aromatic heterocycles. The first-order valence-corrected chi connectivity index (χ1v) is 9.63. The first-order valence-electron chi connectivity index (χ1n) is 7.81. The van der Waals surface area contributed by atoms with Crippen LogP contribution in [0.5, 0.6) is 0 Å². The summed E-state index contributed by atoms with van der Waals surface area (Å²) >= 11 is 0. The van der Waals surface area contributed by atoms with E-state index in [2.05, 4.69) is 11.4 Å². The molecule has 1 saturated heterocycles. The van der Waals surface area contributed by atoms with Gasteiger partial charge in [0.25, 0.3) is 5.91 Å². The number of anilines is 1. The summed E-state index contributed by atoms with van der Waals surface area (Å²) in [6.45, 7) is 0.892. The molecule has 0 radical (unpaired) electrons. The lowest BCUT2D eigenvalue weighted by Gasteiger charge is -2.32. The molecule has 0 saturated carbocycles. The average Bonchev–Trinajstić information content (AvgIpc) is 2.53. The molecule has 1 amide bonds. The fourth-order valence-electron chi connectivity index (χ4n) is 3.31. The van der Waals surface area contributed by atoms with E-state index in [1.807, 2.05) is 12.1 Å². The normalized spacial score (nSPS) is 20.8. The molecule has 0 spiro atoms. The molecule has 6 heteroatoms. The van der Waals surface area contributed by atoms with Crippen molar-refractivity contribution in [2.75, 3.05) is 30.4 Å². The molecular formula is C16H22N2O3S. The van der Waals surface area contributed by atoms with Crippen LogP contribution >= 0.6 is 0 Å². The third-order valence-corrected chi connectivity index (χ3v) is 6.41. The Balaban J connectivity index is 1.79. The highest BCUT2D eigenvalue weighted by Crippen LogP contribution is 2.28. The first-order chi connectivity index (χ1) is 10.5. The summed E-state index contributed by atoms with van der Waals surface area (Å²) in [4.78, 5) is 14.5. The zero-order valence-electron chi connectivity index (χ0n) is 12.8. The molecule has 5 nitrogen and oxygen atoms in total. The summed E-state index contributed by atoms with van der Waals surface area (Å²) in [7, 11) is -1.12. The number of aryl methyl sites for hydroxylation is 1. The lowest BCUT2D eigenvalue weighted by Crippen LogP contribution is -2.42. The molecule has 0 atom stereocenters. The van der Waals surface area contributed by atoms with Crippen LogP contribution in [0.2, 0.25) is 0 Å². The van der Waals surface area contributed by atoms with Crippen LogP contribution in [0, 0.1) is 0 Å². The number of amides is 1. The van der Waals surface area contributed by atoms with Gasteiger partial charge in [0.1, 0.15) is 9.84 Å². The van der Waals surface area contributed by atoms with Crippen molar-refractivity contribution in [2.45, 2.75) is 31.7 Å². The second-order valence-corrected chi connectivity index (χ2v) is 8.47. The van der Waals surface area contributed by atoms with Crippen molar-refractivity contribution in [3.05, 3.63) is 29.3 Å². The van der Waals surface area contributed by atoms with Gasteiger partial charge in [-0.1, -0.05) is 12.1 Å². The number of benzene rings is 1. The van der Waals surface area contributed by atoms with Crippen LogP contribution in [0.4, 0.5) is 5.69 Å². The minimum atomic E-state index is -2.90. The van der Waals surface area contributed by atoms with Gasteiger partial charge < -0.3 is 10.2 Å². The van der Waals surface area contributed by atoms with E-state index in [-0.39, 0.29) is 23.5 Å². The Morgan fingerprint density at radius 2 is 2.00 bits per heavy atom. The van der Waals surface area contributed by atoms with Gasteiger partial charge in [-0.2, -0.15) is 0 Å². The number of hydrogen-bond donors (Lipinski definition) is 1. The second-order valence-electron chi connectivity index (χ2n) is 6.17. The average molecular weight is 322 g/mol. The van der Waals surface area contributed by atoms with Gasteiger partial charge in [-0.3, -0.25) is 4.79 Å². The summed E-state index contributed by atoms with van der Waals surface area (Å²) < 4.78 is 23.1. The number of hydrogen-bond acceptors (Lipinski definition) is 4. The van der Waals surface area contributed by atoms with Gasteiger partial charge in [0.15, 0.2) is 0 Å². The molecule has 3 rings (SSSR count). The predicted molar refractivity (Wildman–Crippen MR) is 87.0 cm³/mol. The molecule has 2 aliphatic rings. The van der Waals surface area contributed by atoms with Crippen molar-refractivity contribution in [3.63, 3.8) is 0 Å². The quantitative estimate of drug-likeness (QED) is 0.900. The van der Waals surface area contributed by atoms with Crippen molar-refractivity contribution in [2.24, 2.45) is 0 Å². The molecule has 1 N–H and O–H groups in total. The van der Waals surface area contributed by atoms with E-state index in [1.54, 1.807) is 11.9 Å². The number of rotatable bonds is 2. The maximum atomic E-state index is 12.8. The second kappa shape index (κ2) is 5.91. The van der Waals surface area contributed by atoms with Crippen molar-refractivity contribution in [1.29, 1.82) is 0 Å². The van der Waals surface area contributed by atoms with Crippen molar-refractivity contribution < 1.29 is 13.2 Å². The Bertz CT molecular complexity index is 671. The molecule has 2 aliphatic heterocycles. The summed E-state index contributed by atoms with van der Waals surface area (Å²) in [5.74, 6) is 0.344. The topological polar surface area (TPSA) is 66.5 Å². The Hall–Kier alpha value is -1.56. The van der Waals surface area contributed by atoms with Gasteiger partial charge in [0.2, 0.25) is 0 Å². The van der Waals surface area contributed by atoms with Gasteiger partial charge >= 0.3 is 0 Å². The number of carbonyl (C=O) groups excluding carboxylic acids is 1.